The van der Waals surface area contributed by atoms with Gasteiger partial charge in [0.1, 0.15) is 0 Å². The number of nitrogens with one attached hydrogen (secondary N) is 1. The third-order valence-electron chi connectivity index (χ3n) is 3.05. The van der Waals surface area contributed by atoms with Gasteiger partial charge in [-0.1, -0.05) is 34.1 Å². The SMILES string of the molecule is CNC(Cc1ccc(Br)cc1)c1ccc(F)c(F)c1. The van der Waals surface area contributed by atoms with Crippen molar-refractivity contribution in [3.63, 3.8) is 0 Å². The van der Waals surface area contributed by atoms with Gasteiger partial charge in [-0.05, 0) is 48.9 Å². The van der Waals surface area contributed by atoms with Crippen LogP contribution in [0.15, 0.2) is 46.9 Å². The second kappa shape index (κ2) is 6.26. The van der Waals surface area contributed by atoms with Gasteiger partial charge in [-0.3, -0.25) is 0 Å². The van der Waals surface area contributed by atoms with Crippen molar-refractivity contribution in [3.8, 4) is 0 Å². The molecule has 2 rings (SSSR count). The monoisotopic (exact) mass is 325 g/mol. The minimum atomic E-state index is -0.817. The van der Waals surface area contributed by atoms with E-state index in [-0.39, 0.29) is 6.04 Å². The molecular formula is C15H14BrF2N. The summed E-state index contributed by atoms with van der Waals surface area (Å²) in [5.41, 5.74) is 1.87. The molecule has 0 aliphatic rings. The molecule has 0 bridgehead atoms. The lowest BCUT2D eigenvalue weighted by Crippen LogP contribution is -2.19. The first-order valence-electron chi connectivity index (χ1n) is 5.97. The predicted octanol–water partition coefficient (Wildman–Crippen LogP) is 4.23. The average Bonchev–Trinajstić information content (AvgIpc) is 2.41. The van der Waals surface area contributed by atoms with Crippen molar-refractivity contribution < 1.29 is 8.78 Å². The fourth-order valence-corrected chi connectivity index (χ4v) is 2.24. The van der Waals surface area contributed by atoms with Crippen LogP contribution >= 0.6 is 15.9 Å². The molecule has 2 aromatic rings. The molecule has 0 heterocycles. The number of hydrogen-bond acceptors (Lipinski definition) is 1. The molecule has 4 heteroatoms. The molecule has 0 amide bonds. The first-order valence-corrected chi connectivity index (χ1v) is 6.76. The standard InChI is InChI=1S/C15H14BrF2N/c1-19-15(8-10-2-5-12(16)6-3-10)11-4-7-13(17)14(18)9-11/h2-7,9,15,19H,8H2,1H3. The predicted molar refractivity (Wildman–Crippen MR) is 76.0 cm³/mol. The molecule has 1 N–H and O–H groups in total. The number of halogens is 3. The minimum absolute atomic E-state index is 0.0451. The highest BCUT2D eigenvalue weighted by Crippen LogP contribution is 2.21. The Balaban J connectivity index is 2.19. The Kier molecular flexibility index (Phi) is 4.66. The summed E-state index contributed by atoms with van der Waals surface area (Å²) in [7, 11) is 1.81. The third kappa shape index (κ3) is 3.61. The first kappa shape index (κ1) is 14.2. The van der Waals surface area contributed by atoms with Gasteiger partial charge in [0.05, 0.1) is 0 Å². The van der Waals surface area contributed by atoms with Crippen LogP contribution in [0.25, 0.3) is 0 Å². The van der Waals surface area contributed by atoms with Gasteiger partial charge in [0.25, 0.3) is 0 Å². The Hall–Kier alpha value is -1.26. The average molecular weight is 326 g/mol. The van der Waals surface area contributed by atoms with E-state index in [0.717, 1.165) is 28.1 Å². The molecule has 2 aromatic carbocycles. The van der Waals surface area contributed by atoms with Gasteiger partial charge in [0, 0.05) is 10.5 Å². The van der Waals surface area contributed by atoms with E-state index in [1.54, 1.807) is 6.07 Å². The summed E-state index contributed by atoms with van der Waals surface area (Å²) in [6.07, 6.45) is 0.717. The van der Waals surface area contributed by atoms with E-state index in [0.29, 0.717) is 0 Å². The van der Waals surface area contributed by atoms with E-state index in [2.05, 4.69) is 21.2 Å². The lowest BCUT2D eigenvalue weighted by atomic mass is 9.99. The second-order valence-electron chi connectivity index (χ2n) is 4.35. The number of hydrogen-bond donors (Lipinski definition) is 1. The Morgan fingerprint density at radius 1 is 1.05 bits per heavy atom. The Bertz CT molecular complexity index is 555. The smallest absolute Gasteiger partial charge is 0.159 e. The Morgan fingerprint density at radius 3 is 2.32 bits per heavy atom. The topological polar surface area (TPSA) is 12.0 Å². The van der Waals surface area contributed by atoms with Crippen LogP contribution in [0.5, 0.6) is 0 Å². The molecule has 19 heavy (non-hydrogen) atoms. The molecule has 1 nitrogen and oxygen atoms in total. The third-order valence-corrected chi connectivity index (χ3v) is 3.58. The van der Waals surface area contributed by atoms with Crippen molar-refractivity contribution in [1.82, 2.24) is 5.32 Å². The van der Waals surface area contributed by atoms with Crippen molar-refractivity contribution in [3.05, 3.63) is 69.7 Å². The zero-order valence-electron chi connectivity index (χ0n) is 10.5. The van der Waals surface area contributed by atoms with Crippen LogP contribution in [0.2, 0.25) is 0 Å². The van der Waals surface area contributed by atoms with Crippen LogP contribution in [0.3, 0.4) is 0 Å². The van der Waals surface area contributed by atoms with E-state index >= 15 is 0 Å². The van der Waals surface area contributed by atoms with Gasteiger partial charge in [0.2, 0.25) is 0 Å². The Labute approximate surface area is 119 Å². The van der Waals surface area contributed by atoms with Crippen molar-refractivity contribution >= 4 is 15.9 Å². The quantitative estimate of drug-likeness (QED) is 0.887. The maximum atomic E-state index is 13.3. The molecule has 0 aliphatic carbocycles. The molecule has 0 radical (unpaired) electrons. The maximum Gasteiger partial charge on any atom is 0.159 e. The van der Waals surface area contributed by atoms with Gasteiger partial charge >= 0.3 is 0 Å². The summed E-state index contributed by atoms with van der Waals surface area (Å²) in [5, 5.41) is 3.13. The van der Waals surface area contributed by atoms with E-state index in [4.69, 9.17) is 0 Å². The highest BCUT2D eigenvalue weighted by molar-refractivity contribution is 9.10. The lowest BCUT2D eigenvalue weighted by Gasteiger charge is -2.17. The second-order valence-corrected chi connectivity index (χ2v) is 5.26. The molecule has 1 atom stereocenters. The van der Waals surface area contributed by atoms with E-state index in [1.807, 2.05) is 31.3 Å². The largest absolute Gasteiger partial charge is 0.313 e. The maximum absolute atomic E-state index is 13.3. The molecule has 1 unspecified atom stereocenters. The molecule has 0 spiro atoms. The van der Waals surface area contributed by atoms with Gasteiger partial charge in [0.15, 0.2) is 11.6 Å². The number of rotatable bonds is 4. The van der Waals surface area contributed by atoms with E-state index in [9.17, 15) is 8.78 Å². The van der Waals surface area contributed by atoms with Gasteiger partial charge < -0.3 is 5.32 Å². The molecule has 0 saturated carbocycles. The van der Waals surface area contributed by atoms with Crippen molar-refractivity contribution in [2.75, 3.05) is 7.05 Å². The van der Waals surface area contributed by atoms with E-state index < -0.39 is 11.6 Å². The fourth-order valence-electron chi connectivity index (χ4n) is 1.97. The molecule has 0 aliphatic heterocycles. The van der Waals surface area contributed by atoms with Crippen LogP contribution < -0.4 is 5.32 Å². The highest BCUT2D eigenvalue weighted by Gasteiger charge is 2.12. The molecule has 0 aromatic heterocycles. The number of benzene rings is 2. The van der Waals surface area contributed by atoms with Crippen LogP contribution in [-0.4, -0.2) is 7.05 Å². The molecular weight excluding hydrogens is 312 g/mol. The van der Waals surface area contributed by atoms with Gasteiger partial charge in [-0.2, -0.15) is 0 Å². The fraction of sp³-hybridized carbons (Fsp3) is 0.200. The summed E-state index contributed by atoms with van der Waals surface area (Å²) < 4.78 is 27.2. The van der Waals surface area contributed by atoms with Crippen LogP contribution in [0.1, 0.15) is 17.2 Å². The Morgan fingerprint density at radius 2 is 1.74 bits per heavy atom. The zero-order chi connectivity index (χ0) is 13.8. The molecule has 0 fully saturated rings. The summed E-state index contributed by atoms with van der Waals surface area (Å²) >= 11 is 3.38. The summed E-state index contributed by atoms with van der Waals surface area (Å²) in [4.78, 5) is 0. The lowest BCUT2D eigenvalue weighted by molar-refractivity contribution is 0.501. The zero-order valence-corrected chi connectivity index (χ0v) is 12.0. The first-order chi connectivity index (χ1) is 9.10. The summed E-state index contributed by atoms with van der Waals surface area (Å²) in [6, 6.07) is 11.9. The summed E-state index contributed by atoms with van der Waals surface area (Å²) in [6.45, 7) is 0. The van der Waals surface area contributed by atoms with E-state index in [1.165, 1.54) is 6.07 Å². The normalized spacial score (nSPS) is 12.4. The minimum Gasteiger partial charge on any atom is -0.313 e. The van der Waals surface area contributed by atoms with Crippen LogP contribution in [0, 0.1) is 11.6 Å². The summed E-state index contributed by atoms with van der Waals surface area (Å²) in [5.74, 6) is -1.63. The molecule has 100 valence electrons. The van der Waals surface area contributed by atoms with Crippen molar-refractivity contribution in [2.24, 2.45) is 0 Å². The van der Waals surface area contributed by atoms with Gasteiger partial charge in [-0.15, -0.1) is 0 Å². The highest BCUT2D eigenvalue weighted by atomic mass is 79.9. The van der Waals surface area contributed by atoms with Crippen molar-refractivity contribution in [2.45, 2.75) is 12.5 Å². The number of likely N-dealkylation sites (N-methyl/N-ethyl adjacent to an activating group) is 1. The van der Waals surface area contributed by atoms with Crippen LogP contribution in [0.4, 0.5) is 8.78 Å². The van der Waals surface area contributed by atoms with Gasteiger partial charge in [-0.25, -0.2) is 8.78 Å². The molecule has 0 saturated heterocycles. The van der Waals surface area contributed by atoms with Crippen molar-refractivity contribution in [1.29, 1.82) is 0 Å². The van der Waals surface area contributed by atoms with Crippen LogP contribution in [-0.2, 0) is 6.42 Å².